The van der Waals surface area contributed by atoms with Gasteiger partial charge in [0, 0.05) is 24.1 Å². The lowest BCUT2D eigenvalue weighted by atomic mass is 10.1. The van der Waals surface area contributed by atoms with Gasteiger partial charge in [-0.1, -0.05) is 6.07 Å². The van der Waals surface area contributed by atoms with E-state index in [9.17, 15) is 4.79 Å². The molecule has 3 rings (SSSR count). The number of benzene rings is 2. The SMILES string of the molecule is COc1ccc(-c2nnc(CCC(=O)Nc3cc(C)cc(C)c3)o2)cc1. The molecule has 0 aliphatic rings. The van der Waals surface area contributed by atoms with E-state index in [2.05, 4.69) is 21.6 Å². The molecular weight excluding hydrogens is 330 g/mol. The summed E-state index contributed by atoms with van der Waals surface area (Å²) in [5.41, 5.74) is 3.84. The number of aryl methyl sites for hydroxylation is 3. The molecule has 6 heteroatoms. The Morgan fingerprint density at radius 3 is 2.42 bits per heavy atom. The van der Waals surface area contributed by atoms with Crippen molar-refractivity contribution in [2.75, 3.05) is 12.4 Å². The summed E-state index contributed by atoms with van der Waals surface area (Å²) in [4.78, 5) is 12.1. The minimum absolute atomic E-state index is 0.0841. The molecule has 134 valence electrons. The van der Waals surface area contributed by atoms with Crippen LogP contribution in [-0.2, 0) is 11.2 Å². The molecule has 1 amide bonds. The summed E-state index contributed by atoms with van der Waals surface area (Å²) in [6.45, 7) is 4.00. The normalized spacial score (nSPS) is 10.6. The first kappa shape index (κ1) is 17.7. The number of amides is 1. The van der Waals surface area contributed by atoms with Crippen molar-refractivity contribution in [2.45, 2.75) is 26.7 Å². The third-order valence-electron chi connectivity index (χ3n) is 3.88. The topological polar surface area (TPSA) is 77.2 Å². The number of methoxy groups -OCH3 is 1. The summed E-state index contributed by atoms with van der Waals surface area (Å²) in [5.74, 6) is 1.54. The summed E-state index contributed by atoms with van der Waals surface area (Å²) in [7, 11) is 1.61. The molecule has 0 radical (unpaired) electrons. The molecular formula is C20H21N3O3. The second-order valence-corrected chi connectivity index (χ2v) is 6.15. The second kappa shape index (κ2) is 7.82. The average molecular weight is 351 g/mol. The zero-order valence-electron chi connectivity index (χ0n) is 15.1. The van der Waals surface area contributed by atoms with Crippen molar-refractivity contribution in [3.05, 3.63) is 59.5 Å². The number of anilines is 1. The van der Waals surface area contributed by atoms with Gasteiger partial charge >= 0.3 is 0 Å². The number of ether oxygens (including phenoxy) is 1. The molecule has 0 aliphatic heterocycles. The zero-order valence-corrected chi connectivity index (χ0v) is 15.1. The van der Waals surface area contributed by atoms with Crippen molar-refractivity contribution in [3.8, 4) is 17.2 Å². The van der Waals surface area contributed by atoms with Gasteiger partial charge in [0.1, 0.15) is 5.75 Å². The molecule has 0 fully saturated rings. The molecule has 3 aromatic rings. The van der Waals surface area contributed by atoms with E-state index in [0.29, 0.717) is 18.2 Å². The standard InChI is InChI=1S/C20H21N3O3/c1-13-10-14(2)12-16(11-13)21-18(24)8-9-19-22-23-20(26-19)15-4-6-17(25-3)7-5-15/h4-7,10-12H,8-9H2,1-3H3,(H,21,24). The van der Waals surface area contributed by atoms with Gasteiger partial charge < -0.3 is 14.5 Å². The van der Waals surface area contributed by atoms with E-state index in [1.165, 1.54) is 0 Å². The number of carbonyl (C=O) groups excluding carboxylic acids is 1. The Kier molecular flexibility index (Phi) is 5.31. The fourth-order valence-corrected chi connectivity index (χ4v) is 2.70. The van der Waals surface area contributed by atoms with Gasteiger partial charge in [-0.3, -0.25) is 4.79 Å². The van der Waals surface area contributed by atoms with Gasteiger partial charge in [0.05, 0.1) is 7.11 Å². The van der Waals surface area contributed by atoms with Gasteiger partial charge in [0.25, 0.3) is 0 Å². The summed E-state index contributed by atoms with van der Waals surface area (Å²) < 4.78 is 10.8. The quantitative estimate of drug-likeness (QED) is 0.728. The Bertz CT molecular complexity index is 881. The molecule has 6 nitrogen and oxygen atoms in total. The van der Waals surface area contributed by atoms with E-state index in [0.717, 1.165) is 28.1 Å². The van der Waals surface area contributed by atoms with Crippen molar-refractivity contribution in [3.63, 3.8) is 0 Å². The fraction of sp³-hybridized carbons (Fsp3) is 0.250. The lowest BCUT2D eigenvalue weighted by molar-refractivity contribution is -0.116. The Morgan fingerprint density at radius 1 is 1.08 bits per heavy atom. The summed E-state index contributed by atoms with van der Waals surface area (Å²) in [5, 5.41) is 11.0. The Morgan fingerprint density at radius 2 is 1.77 bits per heavy atom. The van der Waals surface area contributed by atoms with E-state index < -0.39 is 0 Å². The summed E-state index contributed by atoms with van der Waals surface area (Å²) in [6.07, 6.45) is 0.664. The number of rotatable bonds is 6. The van der Waals surface area contributed by atoms with Crippen LogP contribution in [0.25, 0.3) is 11.5 Å². The van der Waals surface area contributed by atoms with Crippen molar-refractivity contribution in [1.29, 1.82) is 0 Å². The first-order valence-corrected chi connectivity index (χ1v) is 8.38. The number of nitrogens with one attached hydrogen (secondary N) is 1. The van der Waals surface area contributed by atoms with Crippen LogP contribution in [0.2, 0.25) is 0 Å². The highest BCUT2D eigenvalue weighted by molar-refractivity contribution is 5.90. The lowest BCUT2D eigenvalue weighted by Gasteiger charge is -2.06. The maximum atomic E-state index is 12.1. The first-order chi connectivity index (χ1) is 12.5. The Hall–Kier alpha value is -3.15. The van der Waals surface area contributed by atoms with Crippen molar-refractivity contribution in [2.24, 2.45) is 0 Å². The summed E-state index contributed by atoms with van der Waals surface area (Å²) >= 11 is 0. The molecule has 0 saturated carbocycles. The number of carbonyl (C=O) groups is 1. The van der Waals surface area contributed by atoms with Crippen LogP contribution in [0.3, 0.4) is 0 Å². The number of hydrogen-bond acceptors (Lipinski definition) is 5. The second-order valence-electron chi connectivity index (χ2n) is 6.15. The number of hydrogen-bond donors (Lipinski definition) is 1. The van der Waals surface area contributed by atoms with Gasteiger partial charge in [0.2, 0.25) is 17.7 Å². The number of nitrogens with zero attached hydrogens (tertiary/aromatic N) is 2. The van der Waals surface area contributed by atoms with Crippen LogP contribution in [0.15, 0.2) is 46.9 Å². The highest BCUT2D eigenvalue weighted by Crippen LogP contribution is 2.21. The first-order valence-electron chi connectivity index (χ1n) is 8.38. The van der Waals surface area contributed by atoms with Gasteiger partial charge in [-0.2, -0.15) is 0 Å². The maximum Gasteiger partial charge on any atom is 0.247 e. The maximum absolute atomic E-state index is 12.1. The van der Waals surface area contributed by atoms with Gasteiger partial charge in [-0.05, 0) is 61.4 Å². The average Bonchev–Trinajstić information content (AvgIpc) is 3.08. The Labute approximate surface area is 152 Å². The fourth-order valence-electron chi connectivity index (χ4n) is 2.70. The van der Waals surface area contributed by atoms with Crippen LogP contribution < -0.4 is 10.1 Å². The number of aromatic nitrogens is 2. The van der Waals surface area contributed by atoms with E-state index in [4.69, 9.17) is 9.15 Å². The van der Waals surface area contributed by atoms with Crippen LogP contribution in [-0.4, -0.2) is 23.2 Å². The summed E-state index contributed by atoms with van der Waals surface area (Å²) in [6, 6.07) is 13.3. The van der Waals surface area contributed by atoms with E-state index in [1.807, 2.05) is 50.2 Å². The predicted molar refractivity (Wildman–Crippen MR) is 99.2 cm³/mol. The zero-order chi connectivity index (χ0) is 18.5. The molecule has 1 heterocycles. The molecule has 0 atom stereocenters. The van der Waals surface area contributed by atoms with Crippen LogP contribution >= 0.6 is 0 Å². The van der Waals surface area contributed by atoms with Gasteiger partial charge in [0.15, 0.2) is 0 Å². The molecule has 0 saturated heterocycles. The van der Waals surface area contributed by atoms with Gasteiger partial charge in [-0.25, -0.2) is 0 Å². The minimum atomic E-state index is -0.0841. The third kappa shape index (κ3) is 4.47. The van der Waals surface area contributed by atoms with Crippen LogP contribution in [0.5, 0.6) is 5.75 Å². The smallest absolute Gasteiger partial charge is 0.247 e. The molecule has 26 heavy (non-hydrogen) atoms. The molecule has 1 N–H and O–H groups in total. The third-order valence-corrected chi connectivity index (χ3v) is 3.88. The lowest BCUT2D eigenvalue weighted by Crippen LogP contribution is -2.12. The molecule has 0 spiro atoms. The monoisotopic (exact) mass is 351 g/mol. The molecule has 1 aromatic heterocycles. The molecule has 0 aliphatic carbocycles. The predicted octanol–water partition coefficient (Wildman–Crippen LogP) is 3.93. The van der Waals surface area contributed by atoms with Gasteiger partial charge in [-0.15, -0.1) is 10.2 Å². The van der Waals surface area contributed by atoms with Crippen molar-refractivity contribution < 1.29 is 13.9 Å². The van der Waals surface area contributed by atoms with Crippen LogP contribution in [0.4, 0.5) is 5.69 Å². The van der Waals surface area contributed by atoms with Crippen molar-refractivity contribution >= 4 is 11.6 Å². The van der Waals surface area contributed by atoms with E-state index in [1.54, 1.807) is 7.11 Å². The molecule has 0 bridgehead atoms. The van der Waals surface area contributed by atoms with Crippen LogP contribution in [0.1, 0.15) is 23.4 Å². The Balaban J connectivity index is 1.57. The molecule has 2 aromatic carbocycles. The van der Waals surface area contributed by atoms with Crippen LogP contribution in [0, 0.1) is 13.8 Å². The minimum Gasteiger partial charge on any atom is -0.497 e. The molecule has 0 unspecified atom stereocenters. The van der Waals surface area contributed by atoms with E-state index >= 15 is 0 Å². The van der Waals surface area contributed by atoms with Crippen molar-refractivity contribution in [1.82, 2.24) is 10.2 Å². The largest absolute Gasteiger partial charge is 0.497 e. The highest BCUT2D eigenvalue weighted by Gasteiger charge is 2.11. The van der Waals surface area contributed by atoms with E-state index in [-0.39, 0.29) is 12.3 Å². The highest BCUT2D eigenvalue weighted by atomic mass is 16.5.